The van der Waals surface area contributed by atoms with E-state index in [1.807, 2.05) is 0 Å². The number of hydrogen-bond acceptors (Lipinski definition) is 4. The molecule has 0 radical (unpaired) electrons. The largest absolute Gasteiger partial charge is 0.411 e. The molecule has 1 aromatic rings. The zero-order chi connectivity index (χ0) is 14.7. The summed E-state index contributed by atoms with van der Waals surface area (Å²) in [6.07, 6.45) is -3.97. The maximum atomic E-state index is 13.2. The van der Waals surface area contributed by atoms with Crippen molar-refractivity contribution in [3.63, 3.8) is 0 Å². The summed E-state index contributed by atoms with van der Waals surface area (Å²) in [5.41, 5.74) is -0.563. The molecule has 0 atom stereocenters. The van der Waals surface area contributed by atoms with E-state index in [0.717, 1.165) is 12.1 Å². The smallest absolute Gasteiger partial charge is 0.325 e. The SMILES string of the molecule is CC(C)(S)C(=O)Nc1cccc(C(F)(F)OOF)c1. The van der Waals surface area contributed by atoms with Gasteiger partial charge in [0.15, 0.2) is 0 Å². The number of hydrogen-bond donors (Lipinski definition) is 2. The summed E-state index contributed by atoms with van der Waals surface area (Å²) in [5, 5.41) is 4.88. The van der Waals surface area contributed by atoms with E-state index in [1.54, 1.807) is 13.8 Å². The topological polar surface area (TPSA) is 47.6 Å². The lowest BCUT2D eigenvalue weighted by atomic mass is 10.1. The van der Waals surface area contributed by atoms with Gasteiger partial charge in [-0.15, -0.1) is 4.89 Å². The van der Waals surface area contributed by atoms with E-state index in [1.165, 1.54) is 12.1 Å². The Bertz CT molecular complexity index is 463. The number of amides is 1. The molecule has 0 unspecified atom stereocenters. The molecule has 8 heteroatoms. The van der Waals surface area contributed by atoms with Gasteiger partial charge in [0.05, 0.1) is 10.3 Å². The number of nitrogens with one attached hydrogen (secondary N) is 1. The average Bonchev–Trinajstić information content (AvgIpc) is 2.28. The van der Waals surface area contributed by atoms with Gasteiger partial charge in [0.2, 0.25) is 5.91 Å². The number of halogens is 3. The van der Waals surface area contributed by atoms with Gasteiger partial charge in [0.1, 0.15) is 0 Å². The molecule has 0 aliphatic heterocycles. The molecule has 0 aliphatic rings. The van der Waals surface area contributed by atoms with E-state index >= 15 is 0 Å². The number of carbonyl (C=O) groups excluding carboxylic acids is 1. The molecule has 0 aromatic heterocycles. The number of benzene rings is 1. The van der Waals surface area contributed by atoms with Gasteiger partial charge in [-0.25, -0.2) is 0 Å². The molecule has 106 valence electrons. The molecule has 0 aliphatic carbocycles. The molecule has 0 saturated carbocycles. The highest BCUT2D eigenvalue weighted by atomic mass is 32.1. The van der Waals surface area contributed by atoms with Crippen LogP contribution >= 0.6 is 12.6 Å². The molecule has 1 aromatic carbocycles. The van der Waals surface area contributed by atoms with E-state index in [2.05, 4.69) is 27.9 Å². The van der Waals surface area contributed by atoms with Gasteiger partial charge in [0, 0.05) is 5.69 Å². The average molecular weight is 295 g/mol. The van der Waals surface area contributed by atoms with Crippen LogP contribution in [-0.2, 0) is 20.9 Å². The molecule has 0 heterocycles. The van der Waals surface area contributed by atoms with Crippen LogP contribution in [0.3, 0.4) is 0 Å². The van der Waals surface area contributed by atoms with Crippen molar-refractivity contribution in [3.8, 4) is 0 Å². The number of alkyl halides is 2. The normalized spacial score (nSPS) is 12.3. The summed E-state index contributed by atoms with van der Waals surface area (Å²) >= 11 is 4.04. The minimum Gasteiger partial charge on any atom is -0.325 e. The second kappa shape index (κ2) is 5.81. The van der Waals surface area contributed by atoms with Crippen molar-refractivity contribution in [2.24, 2.45) is 0 Å². The van der Waals surface area contributed by atoms with E-state index in [4.69, 9.17) is 0 Å². The lowest BCUT2D eigenvalue weighted by molar-refractivity contribution is -0.529. The summed E-state index contributed by atoms with van der Waals surface area (Å²) in [6, 6.07) is 4.59. The van der Waals surface area contributed by atoms with E-state index in [-0.39, 0.29) is 5.69 Å². The first-order valence-electron chi connectivity index (χ1n) is 5.15. The van der Waals surface area contributed by atoms with E-state index < -0.39 is 22.3 Å². The Morgan fingerprint density at radius 1 is 1.37 bits per heavy atom. The Labute approximate surface area is 113 Å². The van der Waals surface area contributed by atoms with Gasteiger partial charge >= 0.3 is 6.11 Å². The molecular weight excluding hydrogens is 283 g/mol. The first kappa shape index (κ1) is 15.8. The number of thiol groups is 1. The highest BCUT2D eigenvalue weighted by molar-refractivity contribution is 7.82. The summed E-state index contributed by atoms with van der Waals surface area (Å²) in [5.74, 6) is -0.473. The lowest BCUT2D eigenvalue weighted by Crippen LogP contribution is -2.31. The molecule has 0 spiro atoms. The standard InChI is InChI=1S/C11H12F3NO3S/c1-10(2,19)9(16)15-8-5-3-4-7(6-8)11(12,13)17-18-14/h3-6,19H,1-2H3,(H,15,16). The fraction of sp³-hybridized carbons (Fsp3) is 0.364. The van der Waals surface area contributed by atoms with Crippen molar-refractivity contribution in [1.82, 2.24) is 0 Å². The Hall–Kier alpha value is -1.25. The Kier molecular flexibility index (Phi) is 4.83. The van der Waals surface area contributed by atoms with Crippen molar-refractivity contribution >= 4 is 24.2 Å². The molecule has 0 fully saturated rings. The van der Waals surface area contributed by atoms with Crippen LogP contribution in [0.25, 0.3) is 0 Å². The van der Waals surface area contributed by atoms with Crippen LogP contribution in [0, 0.1) is 0 Å². The van der Waals surface area contributed by atoms with E-state index in [0.29, 0.717) is 0 Å². The minimum absolute atomic E-state index is 0.103. The molecule has 0 saturated heterocycles. The first-order chi connectivity index (χ1) is 8.66. The van der Waals surface area contributed by atoms with Gasteiger partial charge in [-0.2, -0.15) is 21.4 Å². The highest BCUT2D eigenvalue weighted by Crippen LogP contribution is 2.31. The predicted molar refractivity (Wildman–Crippen MR) is 65.3 cm³/mol. The predicted octanol–water partition coefficient (Wildman–Crippen LogP) is 3.22. The second-order valence-electron chi connectivity index (χ2n) is 4.26. The fourth-order valence-electron chi connectivity index (χ4n) is 1.15. The zero-order valence-corrected chi connectivity index (χ0v) is 11.0. The molecule has 0 bridgehead atoms. The summed E-state index contributed by atoms with van der Waals surface area (Å²) in [6.45, 7) is 3.09. The number of rotatable bonds is 5. The van der Waals surface area contributed by atoms with Gasteiger partial charge < -0.3 is 5.32 Å². The second-order valence-corrected chi connectivity index (χ2v) is 5.38. The third-order valence-corrected chi connectivity index (χ3v) is 2.35. The summed E-state index contributed by atoms with van der Waals surface area (Å²) < 4.78 is 36.8. The molecule has 1 rings (SSSR count). The molecular formula is C11H12F3NO3S. The van der Waals surface area contributed by atoms with Crippen molar-refractivity contribution in [2.75, 3.05) is 5.32 Å². The quantitative estimate of drug-likeness (QED) is 0.498. The van der Waals surface area contributed by atoms with Crippen LogP contribution < -0.4 is 5.32 Å². The zero-order valence-electron chi connectivity index (χ0n) is 10.1. The Morgan fingerprint density at radius 3 is 2.53 bits per heavy atom. The molecule has 1 amide bonds. The minimum atomic E-state index is -3.97. The third kappa shape index (κ3) is 4.41. The molecule has 1 N–H and O–H groups in total. The van der Waals surface area contributed by atoms with Gasteiger partial charge in [-0.05, 0) is 35.6 Å². The highest BCUT2D eigenvalue weighted by Gasteiger charge is 2.35. The Balaban J connectivity index is 2.92. The van der Waals surface area contributed by atoms with Crippen molar-refractivity contribution < 1.29 is 28.1 Å². The van der Waals surface area contributed by atoms with Crippen molar-refractivity contribution in [2.45, 2.75) is 24.7 Å². The third-order valence-electron chi connectivity index (χ3n) is 2.15. The summed E-state index contributed by atoms with van der Waals surface area (Å²) in [7, 11) is 0. The van der Waals surface area contributed by atoms with Gasteiger partial charge in [0.25, 0.3) is 0 Å². The van der Waals surface area contributed by atoms with Crippen LogP contribution in [0.4, 0.5) is 19.0 Å². The van der Waals surface area contributed by atoms with Crippen LogP contribution in [0.5, 0.6) is 0 Å². The van der Waals surface area contributed by atoms with Crippen LogP contribution in [0.1, 0.15) is 19.4 Å². The Morgan fingerprint density at radius 2 is 2.00 bits per heavy atom. The fourth-order valence-corrected chi connectivity index (χ4v) is 1.21. The van der Waals surface area contributed by atoms with Crippen molar-refractivity contribution in [1.29, 1.82) is 0 Å². The maximum Gasteiger partial charge on any atom is 0.411 e. The van der Waals surface area contributed by atoms with Gasteiger partial charge in [-0.3, -0.25) is 4.79 Å². The number of carbonyl (C=O) groups is 1. The van der Waals surface area contributed by atoms with Gasteiger partial charge in [-0.1, -0.05) is 12.1 Å². The molecule has 4 nitrogen and oxygen atoms in total. The van der Waals surface area contributed by atoms with Crippen LogP contribution in [-0.4, -0.2) is 10.7 Å². The van der Waals surface area contributed by atoms with Crippen LogP contribution in [0.2, 0.25) is 0 Å². The van der Waals surface area contributed by atoms with Crippen LogP contribution in [0.15, 0.2) is 24.3 Å². The first-order valence-corrected chi connectivity index (χ1v) is 5.60. The lowest BCUT2D eigenvalue weighted by Gasteiger charge is -2.18. The van der Waals surface area contributed by atoms with Crippen molar-refractivity contribution in [3.05, 3.63) is 29.8 Å². The monoisotopic (exact) mass is 295 g/mol. The molecule has 19 heavy (non-hydrogen) atoms. The maximum absolute atomic E-state index is 13.2. The summed E-state index contributed by atoms with van der Waals surface area (Å²) in [4.78, 5) is 14.8. The van der Waals surface area contributed by atoms with E-state index in [9.17, 15) is 18.1 Å². The number of anilines is 1.